The van der Waals surface area contributed by atoms with Gasteiger partial charge in [-0.05, 0) is 18.6 Å². The topological polar surface area (TPSA) is 26.3 Å². The average Bonchev–Trinajstić information content (AvgIpc) is 2.09. The van der Waals surface area contributed by atoms with Crippen LogP contribution in [0.1, 0.15) is 12.0 Å². The zero-order valence-electron chi connectivity index (χ0n) is 7.62. The van der Waals surface area contributed by atoms with E-state index in [-0.39, 0.29) is 12.4 Å². The number of ether oxygens (including phenoxy) is 1. The molecule has 0 atom stereocenters. The molecule has 0 aromatic heterocycles. The Bertz CT molecular complexity index is 316. The van der Waals surface area contributed by atoms with Gasteiger partial charge in [0.2, 0.25) is 0 Å². The molecule has 0 radical (unpaired) electrons. The summed E-state index contributed by atoms with van der Waals surface area (Å²) in [6.07, 6.45) is 1.77. The van der Waals surface area contributed by atoms with E-state index in [1.807, 2.05) is 25.1 Å². The molecule has 1 rings (SSSR count). The van der Waals surface area contributed by atoms with Gasteiger partial charge < -0.3 is 4.74 Å². The van der Waals surface area contributed by atoms with Gasteiger partial charge in [0.05, 0.1) is 6.42 Å². The molecule has 0 aliphatic rings. The molecule has 0 bridgehead atoms. The highest BCUT2D eigenvalue weighted by atomic mass is 16.5. The number of rotatable bonds is 3. The Morgan fingerprint density at radius 1 is 1.54 bits per heavy atom. The Morgan fingerprint density at radius 2 is 2.23 bits per heavy atom. The SMILES string of the molecule is C=CCC(=O)Oc1ccccc1C. The maximum atomic E-state index is 11.1. The van der Waals surface area contributed by atoms with E-state index in [9.17, 15) is 4.79 Å². The van der Waals surface area contributed by atoms with Crippen molar-refractivity contribution in [3.8, 4) is 5.75 Å². The lowest BCUT2D eigenvalue weighted by atomic mass is 10.2. The first kappa shape index (κ1) is 9.52. The van der Waals surface area contributed by atoms with E-state index in [1.54, 1.807) is 6.07 Å². The van der Waals surface area contributed by atoms with Gasteiger partial charge >= 0.3 is 5.97 Å². The second-order valence-corrected chi connectivity index (χ2v) is 2.73. The van der Waals surface area contributed by atoms with Crippen LogP contribution in [0.15, 0.2) is 36.9 Å². The van der Waals surface area contributed by atoms with Crippen LogP contribution in [-0.4, -0.2) is 5.97 Å². The molecule has 1 aromatic carbocycles. The van der Waals surface area contributed by atoms with E-state index in [0.29, 0.717) is 5.75 Å². The summed E-state index contributed by atoms with van der Waals surface area (Å²) in [6.45, 7) is 5.36. The van der Waals surface area contributed by atoms with Gasteiger partial charge in [-0.2, -0.15) is 0 Å². The summed E-state index contributed by atoms with van der Waals surface area (Å²) in [4.78, 5) is 11.1. The van der Waals surface area contributed by atoms with Gasteiger partial charge in [-0.25, -0.2) is 0 Å². The summed E-state index contributed by atoms with van der Waals surface area (Å²) in [5.41, 5.74) is 0.958. The highest BCUT2D eigenvalue weighted by molar-refractivity contribution is 5.74. The molecule has 0 amide bonds. The van der Waals surface area contributed by atoms with E-state index in [0.717, 1.165) is 5.56 Å². The van der Waals surface area contributed by atoms with Crippen LogP contribution in [0.5, 0.6) is 5.75 Å². The molecule has 0 spiro atoms. The molecule has 0 N–H and O–H groups in total. The molecule has 0 unspecified atom stereocenters. The van der Waals surface area contributed by atoms with Crippen LogP contribution in [0.4, 0.5) is 0 Å². The number of hydrogen-bond donors (Lipinski definition) is 0. The monoisotopic (exact) mass is 176 g/mol. The smallest absolute Gasteiger partial charge is 0.315 e. The molecule has 68 valence electrons. The van der Waals surface area contributed by atoms with Gasteiger partial charge in [0, 0.05) is 0 Å². The van der Waals surface area contributed by atoms with Crippen molar-refractivity contribution < 1.29 is 9.53 Å². The fourth-order valence-corrected chi connectivity index (χ4v) is 0.953. The van der Waals surface area contributed by atoms with E-state index >= 15 is 0 Å². The van der Waals surface area contributed by atoms with Gasteiger partial charge in [-0.3, -0.25) is 4.79 Å². The molecule has 2 heteroatoms. The normalized spacial score (nSPS) is 9.31. The maximum absolute atomic E-state index is 11.1. The number of para-hydroxylation sites is 1. The summed E-state index contributed by atoms with van der Waals surface area (Å²) in [6, 6.07) is 7.41. The lowest BCUT2D eigenvalue weighted by Gasteiger charge is -2.04. The van der Waals surface area contributed by atoms with Crippen molar-refractivity contribution in [2.24, 2.45) is 0 Å². The van der Waals surface area contributed by atoms with Crippen LogP contribution in [0.2, 0.25) is 0 Å². The first-order chi connectivity index (χ1) is 6.24. The average molecular weight is 176 g/mol. The van der Waals surface area contributed by atoms with Crippen LogP contribution in [0, 0.1) is 6.92 Å². The first-order valence-corrected chi connectivity index (χ1v) is 4.11. The minimum Gasteiger partial charge on any atom is -0.426 e. The zero-order chi connectivity index (χ0) is 9.68. The molecule has 0 fully saturated rings. The van der Waals surface area contributed by atoms with Gasteiger partial charge in [0.1, 0.15) is 5.75 Å². The second-order valence-electron chi connectivity index (χ2n) is 2.73. The van der Waals surface area contributed by atoms with Crippen molar-refractivity contribution in [2.75, 3.05) is 0 Å². The summed E-state index contributed by atoms with van der Waals surface area (Å²) in [7, 11) is 0. The number of esters is 1. The third kappa shape index (κ3) is 2.75. The fraction of sp³-hybridized carbons (Fsp3) is 0.182. The van der Waals surface area contributed by atoms with Crippen molar-refractivity contribution in [3.63, 3.8) is 0 Å². The summed E-state index contributed by atoms with van der Waals surface area (Å²) in [5, 5.41) is 0. The molecule has 0 saturated carbocycles. The molecule has 0 aliphatic heterocycles. The largest absolute Gasteiger partial charge is 0.426 e. The molecule has 0 heterocycles. The molecule has 13 heavy (non-hydrogen) atoms. The van der Waals surface area contributed by atoms with E-state index in [4.69, 9.17) is 4.74 Å². The van der Waals surface area contributed by atoms with E-state index < -0.39 is 0 Å². The highest BCUT2D eigenvalue weighted by Gasteiger charge is 2.03. The molecule has 2 nitrogen and oxygen atoms in total. The van der Waals surface area contributed by atoms with E-state index in [2.05, 4.69) is 6.58 Å². The Hall–Kier alpha value is -1.57. The molecule has 1 aromatic rings. The molecule has 0 saturated heterocycles. The van der Waals surface area contributed by atoms with Gasteiger partial charge in [0.15, 0.2) is 0 Å². The Labute approximate surface area is 77.8 Å². The second kappa shape index (κ2) is 4.45. The fourth-order valence-electron chi connectivity index (χ4n) is 0.953. The standard InChI is InChI=1S/C11H12O2/c1-3-6-11(12)13-10-8-5-4-7-9(10)2/h3-5,7-8H,1,6H2,2H3. The predicted molar refractivity (Wildman–Crippen MR) is 51.6 cm³/mol. The Kier molecular flexibility index (Phi) is 3.26. The van der Waals surface area contributed by atoms with E-state index in [1.165, 1.54) is 6.08 Å². The van der Waals surface area contributed by atoms with Crippen LogP contribution >= 0.6 is 0 Å². The van der Waals surface area contributed by atoms with Crippen molar-refractivity contribution in [2.45, 2.75) is 13.3 Å². The van der Waals surface area contributed by atoms with Crippen LogP contribution < -0.4 is 4.74 Å². The van der Waals surface area contributed by atoms with Crippen molar-refractivity contribution in [3.05, 3.63) is 42.5 Å². The number of aryl methyl sites for hydroxylation is 1. The summed E-state index contributed by atoms with van der Waals surface area (Å²) >= 11 is 0. The Balaban J connectivity index is 2.68. The number of benzene rings is 1. The maximum Gasteiger partial charge on any atom is 0.315 e. The third-order valence-corrected chi connectivity index (χ3v) is 1.63. The summed E-state index contributed by atoms with van der Waals surface area (Å²) < 4.78 is 5.08. The van der Waals surface area contributed by atoms with Crippen LogP contribution in [-0.2, 0) is 4.79 Å². The van der Waals surface area contributed by atoms with Gasteiger partial charge in [0.25, 0.3) is 0 Å². The minimum absolute atomic E-state index is 0.244. The third-order valence-electron chi connectivity index (χ3n) is 1.63. The van der Waals surface area contributed by atoms with Crippen molar-refractivity contribution in [1.82, 2.24) is 0 Å². The first-order valence-electron chi connectivity index (χ1n) is 4.11. The van der Waals surface area contributed by atoms with Crippen molar-refractivity contribution in [1.29, 1.82) is 0 Å². The number of carbonyl (C=O) groups excluding carboxylic acids is 1. The quantitative estimate of drug-likeness (QED) is 0.402. The molecular formula is C11H12O2. The highest BCUT2D eigenvalue weighted by Crippen LogP contribution is 2.16. The summed E-state index contributed by atoms with van der Waals surface area (Å²) in [5.74, 6) is 0.346. The van der Waals surface area contributed by atoms with Crippen molar-refractivity contribution >= 4 is 5.97 Å². The van der Waals surface area contributed by atoms with Crippen LogP contribution in [0.25, 0.3) is 0 Å². The zero-order valence-corrected chi connectivity index (χ0v) is 7.62. The van der Waals surface area contributed by atoms with Crippen LogP contribution in [0.3, 0.4) is 0 Å². The lowest BCUT2D eigenvalue weighted by molar-refractivity contribution is -0.133. The number of hydrogen-bond acceptors (Lipinski definition) is 2. The van der Waals surface area contributed by atoms with Gasteiger partial charge in [-0.15, -0.1) is 6.58 Å². The predicted octanol–water partition coefficient (Wildman–Crippen LogP) is 2.48. The Morgan fingerprint density at radius 3 is 2.85 bits per heavy atom. The van der Waals surface area contributed by atoms with Gasteiger partial charge in [-0.1, -0.05) is 24.3 Å². The number of carbonyl (C=O) groups is 1. The lowest BCUT2D eigenvalue weighted by Crippen LogP contribution is -2.06. The minimum atomic E-state index is -0.274. The molecule has 0 aliphatic carbocycles. The molecular weight excluding hydrogens is 164 g/mol.